The summed E-state index contributed by atoms with van der Waals surface area (Å²) in [6.45, 7) is 2.11. The predicted molar refractivity (Wildman–Crippen MR) is 83.9 cm³/mol. The molecule has 2 rings (SSSR count). The summed E-state index contributed by atoms with van der Waals surface area (Å²) in [7, 11) is 4.58. The van der Waals surface area contributed by atoms with E-state index in [0.29, 0.717) is 43.2 Å². The zero-order valence-electron chi connectivity index (χ0n) is 13.7. The number of methoxy groups -OCH3 is 3. The molecule has 7 nitrogen and oxygen atoms in total. The summed E-state index contributed by atoms with van der Waals surface area (Å²) in [6.07, 6.45) is 0. The minimum atomic E-state index is -0.0789. The van der Waals surface area contributed by atoms with Gasteiger partial charge in [0.15, 0.2) is 11.5 Å². The second-order valence-electron chi connectivity index (χ2n) is 5.18. The number of hydrogen-bond acceptors (Lipinski definition) is 5. The van der Waals surface area contributed by atoms with Gasteiger partial charge in [0, 0.05) is 38.9 Å². The van der Waals surface area contributed by atoms with E-state index >= 15 is 0 Å². The Morgan fingerprint density at radius 2 is 1.57 bits per heavy atom. The number of carbonyl (C=O) groups excluding carboxylic acids is 2. The van der Waals surface area contributed by atoms with Crippen molar-refractivity contribution >= 4 is 11.8 Å². The van der Waals surface area contributed by atoms with Gasteiger partial charge in [-0.15, -0.1) is 0 Å². The number of rotatable bonds is 5. The van der Waals surface area contributed by atoms with E-state index < -0.39 is 0 Å². The van der Waals surface area contributed by atoms with Crippen molar-refractivity contribution in [3.8, 4) is 11.5 Å². The van der Waals surface area contributed by atoms with E-state index in [-0.39, 0.29) is 18.4 Å². The summed E-state index contributed by atoms with van der Waals surface area (Å²) in [5, 5.41) is 0. The molecule has 0 atom stereocenters. The second kappa shape index (κ2) is 7.82. The summed E-state index contributed by atoms with van der Waals surface area (Å²) < 4.78 is 15.3. The quantitative estimate of drug-likeness (QED) is 0.795. The molecule has 0 saturated carbocycles. The van der Waals surface area contributed by atoms with Crippen LogP contribution in [-0.4, -0.2) is 75.7 Å². The number of nitrogens with zero attached hydrogens (tertiary/aromatic N) is 2. The number of piperazine rings is 1. The van der Waals surface area contributed by atoms with Crippen LogP contribution in [0.1, 0.15) is 10.4 Å². The average molecular weight is 322 g/mol. The molecule has 2 amide bonds. The standard InChI is InChI=1S/C16H22N2O5/c1-21-11-15(19)17-6-8-18(9-7-17)16(20)12-4-5-13(22-2)14(10-12)23-3/h4-5,10H,6-9,11H2,1-3H3. The monoisotopic (exact) mass is 322 g/mol. The van der Waals surface area contributed by atoms with Gasteiger partial charge in [0.2, 0.25) is 5.91 Å². The molecule has 0 unspecified atom stereocenters. The molecular formula is C16H22N2O5. The maximum absolute atomic E-state index is 12.6. The number of carbonyl (C=O) groups is 2. The summed E-state index contributed by atoms with van der Waals surface area (Å²) in [5.74, 6) is 0.974. The molecule has 0 spiro atoms. The van der Waals surface area contributed by atoms with Crippen molar-refractivity contribution < 1.29 is 23.8 Å². The molecule has 0 radical (unpaired) electrons. The summed E-state index contributed by atoms with van der Waals surface area (Å²) >= 11 is 0. The number of amides is 2. The van der Waals surface area contributed by atoms with Gasteiger partial charge in [-0.3, -0.25) is 9.59 Å². The van der Waals surface area contributed by atoms with Crippen molar-refractivity contribution in [1.29, 1.82) is 0 Å². The number of benzene rings is 1. The van der Waals surface area contributed by atoms with Crippen LogP contribution in [0.25, 0.3) is 0 Å². The fraction of sp³-hybridized carbons (Fsp3) is 0.500. The van der Waals surface area contributed by atoms with Crippen molar-refractivity contribution in [1.82, 2.24) is 9.80 Å². The van der Waals surface area contributed by atoms with Gasteiger partial charge >= 0.3 is 0 Å². The van der Waals surface area contributed by atoms with Crippen molar-refractivity contribution in [2.45, 2.75) is 0 Å². The van der Waals surface area contributed by atoms with Crippen molar-refractivity contribution in [2.24, 2.45) is 0 Å². The zero-order chi connectivity index (χ0) is 16.8. The third kappa shape index (κ3) is 3.92. The first-order valence-electron chi connectivity index (χ1n) is 7.38. The van der Waals surface area contributed by atoms with Crippen LogP contribution in [0.15, 0.2) is 18.2 Å². The Bertz CT molecular complexity index is 568. The third-order valence-electron chi connectivity index (χ3n) is 3.82. The molecule has 1 aromatic carbocycles. The Morgan fingerprint density at radius 1 is 0.957 bits per heavy atom. The van der Waals surface area contributed by atoms with Crippen LogP contribution in [0, 0.1) is 0 Å². The molecule has 1 aliphatic heterocycles. The maximum Gasteiger partial charge on any atom is 0.254 e. The lowest BCUT2D eigenvalue weighted by atomic mass is 10.1. The molecule has 23 heavy (non-hydrogen) atoms. The van der Waals surface area contributed by atoms with E-state index in [9.17, 15) is 9.59 Å². The van der Waals surface area contributed by atoms with E-state index in [1.54, 1.807) is 35.1 Å². The lowest BCUT2D eigenvalue weighted by Crippen LogP contribution is -2.51. The van der Waals surface area contributed by atoms with E-state index in [2.05, 4.69) is 0 Å². The van der Waals surface area contributed by atoms with Crippen LogP contribution >= 0.6 is 0 Å². The largest absolute Gasteiger partial charge is 0.493 e. The van der Waals surface area contributed by atoms with Gasteiger partial charge in [0.05, 0.1) is 14.2 Å². The smallest absolute Gasteiger partial charge is 0.254 e. The van der Waals surface area contributed by atoms with Gasteiger partial charge < -0.3 is 24.0 Å². The second-order valence-corrected chi connectivity index (χ2v) is 5.18. The molecule has 126 valence electrons. The molecule has 1 fully saturated rings. The SMILES string of the molecule is COCC(=O)N1CCN(C(=O)c2ccc(OC)c(OC)c2)CC1. The zero-order valence-corrected chi connectivity index (χ0v) is 13.7. The molecule has 0 bridgehead atoms. The molecular weight excluding hydrogens is 300 g/mol. The Balaban J connectivity index is 2.01. The average Bonchev–Trinajstić information content (AvgIpc) is 2.60. The fourth-order valence-corrected chi connectivity index (χ4v) is 2.53. The Hall–Kier alpha value is -2.28. The van der Waals surface area contributed by atoms with Gasteiger partial charge in [-0.1, -0.05) is 0 Å². The van der Waals surface area contributed by atoms with Gasteiger partial charge in [-0.05, 0) is 18.2 Å². The summed E-state index contributed by atoms with van der Waals surface area (Å²) in [4.78, 5) is 27.8. The van der Waals surface area contributed by atoms with Crippen molar-refractivity contribution in [3.63, 3.8) is 0 Å². The minimum absolute atomic E-state index is 0.0503. The van der Waals surface area contributed by atoms with Crippen LogP contribution in [0.5, 0.6) is 11.5 Å². The lowest BCUT2D eigenvalue weighted by molar-refractivity contribution is -0.136. The summed E-state index contributed by atoms with van der Waals surface area (Å²) in [5.41, 5.74) is 0.541. The van der Waals surface area contributed by atoms with Crippen molar-refractivity contribution in [2.75, 3.05) is 54.1 Å². The summed E-state index contributed by atoms with van der Waals surface area (Å²) in [6, 6.07) is 5.10. The van der Waals surface area contributed by atoms with E-state index in [1.807, 2.05) is 0 Å². The first-order chi connectivity index (χ1) is 11.1. The Morgan fingerprint density at radius 3 is 2.13 bits per heavy atom. The Labute approximate surface area is 135 Å². The topological polar surface area (TPSA) is 68.3 Å². The molecule has 1 saturated heterocycles. The Kier molecular flexibility index (Phi) is 5.81. The van der Waals surface area contributed by atoms with Gasteiger partial charge in [0.1, 0.15) is 6.61 Å². The molecule has 0 aliphatic carbocycles. The van der Waals surface area contributed by atoms with Gasteiger partial charge in [-0.25, -0.2) is 0 Å². The highest BCUT2D eigenvalue weighted by atomic mass is 16.5. The minimum Gasteiger partial charge on any atom is -0.493 e. The van der Waals surface area contributed by atoms with Crippen LogP contribution < -0.4 is 9.47 Å². The molecule has 0 aromatic heterocycles. The van der Waals surface area contributed by atoms with Gasteiger partial charge in [-0.2, -0.15) is 0 Å². The van der Waals surface area contributed by atoms with E-state index in [1.165, 1.54) is 14.2 Å². The van der Waals surface area contributed by atoms with E-state index in [4.69, 9.17) is 14.2 Å². The van der Waals surface area contributed by atoms with Crippen molar-refractivity contribution in [3.05, 3.63) is 23.8 Å². The highest BCUT2D eigenvalue weighted by Gasteiger charge is 2.25. The molecule has 1 aromatic rings. The van der Waals surface area contributed by atoms with Crippen LogP contribution in [0.2, 0.25) is 0 Å². The number of hydrogen-bond donors (Lipinski definition) is 0. The fourth-order valence-electron chi connectivity index (χ4n) is 2.53. The van der Waals surface area contributed by atoms with Crippen LogP contribution in [0.4, 0.5) is 0 Å². The van der Waals surface area contributed by atoms with Gasteiger partial charge in [0.25, 0.3) is 5.91 Å². The lowest BCUT2D eigenvalue weighted by Gasteiger charge is -2.34. The first-order valence-corrected chi connectivity index (χ1v) is 7.38. The van der Waals surface area contributed by atoms with E-state index in [0.717, 1.165) is 0 Å². The van der Waals surface area contributed by atoms with Crippen LogP contribution in [-0.2, 0) is 9.53 Å². The highest BCUT2D eigenvalue weighted by molar-refractivity contribution is 5.95. The normalized spacial score (nSPS) is 14.6. The third-order valence-corrected chi connectivity index (χ3v) is 3.82. The molecule has 1 aliphatic rings. The predicted octanol–water partition coefficient (Wildman–Crippen LogP) is 0.635. The molecule has 0 N–H and O–H groups in total. The molecule has 7 heteroatoms. The first kappa shape index (κ1) is 17.1. The van der Waals surface area contributed by atoms with Crippen LogP contribution in [0.3, 0.4) is 0 Å². The molecule has 1 heterocycles. The maximum atomic E-state index is 12.6. The highest BCUT2D eigenvalue weighted by Crippen LogP contribution is 2.28. The number of ether oxygens (including phenoxy) is 3.